The van der Waals surface area contributed by atoms with E-state index in [1.165, 1.54) is 12.1 Å². The molecule has 0 saturated carbocycles. The number of aryl methyl sites for hydroxylation is 1. The van der Waals surface area contributed by atoms with Crippen LogP contribution in [0.2, 0.25) is 0 Å². The molecule has 0 aliphatic rings. The van der Waals surface area contributed by atoms with Crippen molar-refractivity contribution >= 4 is 21.7 Å². The van der Waals surface area contributed by atoms with Gasteiger partial charge in [0, 0.05) is 0 Å². The van der Waals surface area contributed by atoms with Gasteiger partial charge in [-0.15, -0.1) is 13.2 Å². The van der Waals surface area contributed by atoms with Crippen LogP contribution in [0.5, 0.6) is 5.75 Å². The molecule has 1 unspecified atom stereocenters. The quantitative estimate of drug-likeness (QED) is 0.615. The molecule has 1 aromatic rings. The van der Waals surface area contributed by atoms with E-state index < -0.39 is 22.7 Å². The van der Waals surface area contributed by atoms with Gasteiger partial charge in [0.1, 0.15) is 5.75 Å². The molecule has 0 bridgehead atoms. The summed E-state index contributed by atoms with van der Waals surface area (Å²) in [7, 11) is 0. The minimum absolute atomic E-state index is 0.0751. The van der Waals surface area contributed by atoms with Gasteiger partial charge in [0.05, 0.1) is 10.4 Å². The molecule has 1 atom stereocenters. The Morgan fingerprint density at radius 3 is 2.50 bits per heavy atom. The van der Waals surface area contributed by atoms with Crippen LogP contribution >= 0.6 is 15.9 Å². The first-order valence-corrected chi connectivity index (χ1v) is 6.23. The average Bonchev–Trinajstić information content (AvgIpc) is 2.25. The number of carbonyl (C=O) groups excluding carboxylic acids is 1. The smallest absolute Gasteiger partial charge is 0.405 e. The second-order valence-corrected chi connectivity index (χ2v) is 5.09. The predicted octanol–water partition coefficient (Wildman–Crippen LogP) is 4.11. The third-order valence-electron chi connectivity index (χ3n) is 2.31. The Hall–Kier alpha value is -1.04. The second-order valence-electron chi connectivity index (χ2n) is 3.71. The number of benzene rings is 1. The third-order valence-corrected chi connectivity index (χ3v) is 2.72. The molecular formula is C12H12BrF3O2. The van der Waals surface area contributed by atoms with Crippen LogP contribution in [-0.2, 0) is 6.42 Å². The van der Waals surface area contributed by atoms with Crippen LogP contribution < -0.4 is 4.74 Å². The molecule has 0 fully saturated rings. The summed E-state index contributed by atoms with van der Waals surface area (Å²) in [6.07, 6.45) is -4.25. The summed E-state index contributed by atoms with van der Waals surface area (Å²) in [6.45, 7) is 3.36. The molecule has 0 N–H and O–H groups in total. The summed E-state index contributed by atoms with van der Waals surface area (Å²) in [5.74, 6) is -0.893. The van der Waals surface area contributed by atoms with Crippen LogP contribution in [0.3, 0.4) is 0 Å². The summed E-state index contributed by atoms with van der Waals surface area (Å²) >= 11 is 3.04. The lowest BCUT2D eigenvalue weighted by atomic mass is 10.0. The topological polar surface area (TPSA) is 26.3 Å². The van der Waals surface area contributed by atoms with E-state index in [4.69, 9.17) is 0 Å². The van der Waals surface area contributed by atoms with Crippen LogP contribution in [0.15, 0.2) is 18.2 Å². The van der Waals surface area contributed by atoms with Crippen molar-refractivity contribution in [2.45, 2.75) is 31.5 Å². The number of hydrogen-bond donors (Lipinski definition) is 0. The molecule has 0 amide bonds. The third kappa shape index (κ3) is 4.01. The Morgan fingerprint density at radius 1 is 1.44 bits per heavy atom. The standard InChI is InChI=1S/C12H12BrF3O2/c1-3-8-4-5-9(11(17)7(2)13)10(6-8)18-12(14,15)16/h4-7H,3H2,1-2H3. The molecule has 0 aromatic heterocycles. The molecule has 0 radical (unpaired) electrons. The minimum Gasteiger partial charge on any atom is -0.405 e. The Labute approximate surface area is 111 Å². The van der Waals surface area contributed by atoms with Gasteiger partial charge in [0.2, 0.25) is 0 Å². The Balaban J connectivity index is 3.20. The Kier molecular flexibility index (Phi) is 4.78. The van der Waals surface area contributed by atoms with E-state index in [0.717, 1.165) is 0 Å². The number of rotatable bonds is 4. The Bertz CT molecular complexity index is 441. The van der Waals surface area contributed by atoms with E-state index in [-0.39, 0.29) is 5.56 Å². The van der Waals surface area contributed by atoms with Gasteiger partial charge < -0.3 is 4.74 Å². The van der Waals surface area contributed by atoms with Gasteiger partial charge in [0.25, 0.3) is 0 Å². The zero-order chi connectivity index (χ0) is 13.9. The van der Waals surface area contributed by atoms with Crippen molar-refractivity contribution in [1.82, 2.24) is 0 Å². The summed E-state index contributed by atoms with van der Waals surface area (Å²) in [5, 5.41) is 0. The van der Waals surface area contributed by atoms with E-state index in [1.54, 1.807) is 19.9 Å². The molecule has 1 aromatic carbocycles. The van der Waals surface area contributed by atoms with Crippen LogP contribution in [0.25, 0.3) is 0 Å². The molecule has 1 rings (SSSR count). The number of hydrogen-bond acceptors (Lipinski definition) is 2. The van der Waals surface area contributed by atoms with Gasteiger partial charge in [-0.3, -0.25) is 4.79 Å². The van der Waals surface area contributed by atoms with Crippen molar-refractivity contribution in [3.05, 3.63) is 29.3 Å². The van der Waals surface area contributed by atoms with Crippen molar-refractivity contribution in [1.29, 1.82) is 0 Å². The van der Waals surface area contributed by atoms with E-state index >= 15 is 0 Å². The van der Waals surface area contributed by atoms with Crippen molar-refractivity contribution in [2.24, 2.45) is 0 Å². The number of halogens is 4. The van der Waals surface area contributed by atoms with E-state index in [2.05, 4.69) is 20.7 Å². The van der Waals surface area contributed by atoms with Gasteiger partial charge in [-0.25, -0.2) is 0 Å². The van der Waals surface area contributed by atoms with Crippen LogP contribution in [0, 0.1) is 0 Å². The number of Topliss-reactive ketones (excluding diaryl/α,β-unsaturated/α-hetero) is 1. The van der Waals surface area contributed by atoms with Gasteiger partial charge in [-0.2, -0.15) is 0 Å². The zero-order valence-corrected chi connectivity index (χ0v) is 11.4. The van der Waals surface area contributed by atoms with Crippen LogP contribution in [0.4, 0.5) is 13.2 Å². The first kappa shape index (κ1) is 15.0. The SMILES string of the molecule is CCc1ccc(C(=O)C(C)Br)c(OC(F)(F)F)c1. The average molecular weight is 325 g/mol. The van der Waals surface area contributed by atoms with Gasteiger partial charge >= 0.3 is 6.36 Å². The highest BCUT2D eigenvalue weighted by Crippen LogP contribution is 2.29. The molecule has 0 heterocycles. The largest absolute Gasteiger partial charge is 0.573 e. The zero-order valence-electron chi connectivity index (χ0n) is 9.84. The molecule has 2 nitrogen and oxygen atoms in total. The van der Waals surface area contributed by atoms with E-state index in [0.29, 0.717) is 12.0 Å². The minimum atomic E-state index is -4.81. The fourth-order valence-electron chi connectivity index (χ4n) is 1.41. The van der Waals surface area contributed by atoms with Crippen molar-refractivity contribution in [3.8, 4) is 5.75 Å². The first-order valence-electron chi connectivity index (χ1n) is 5.31. The summed E-state index contributed by atoms with van der Waals surface area (Å²) in [5.41, 5.74) is 0.599. The summed E-state index contributed by atoms with van der Waals surface area (Å²) in [6, 6.07) is 4.22. The van der Waals surface area contributed by atoms with Gasteiger partial charge in [0.15, 0.2) is 5.78 Å². The second kappa shape index (κ2) is 5.73. The highest BCUT2D eigenvalue weighted by molar-refractivity contribution is 9.10. The van der Waals surface area contributed by atoms with Crippen molar-refractivity contribution in [3.63, 3.8) is 0 Å². The highest BCUT2D eigenvalue weighted by atomic mass is 79.9. The molecule has 0 aliphatic carbocycles. The molecule has 0 aliphatic heterocycles. The monoisotopic (exact) mass is 324 g/mol. The number of ketones is 1. The fourth-order valence-corrected chi connectivity index (χ4v) is 1.66. The molecular weight excluding hydrogens is 313 g/mol. The normalized spacial score (nSPS) is 13.2. The molecule has 100 valence electrons. The predicted molar refractivity (Wildman–Crippen MR) is 65.2 cm³/mol. The maximum atomic E-state index is 12.3. The maximum absolute atomic E-state index is 12.3. The summed E-state index contributed by atoms with van der Waals surface area (Å²) in [4.78, 5) is 11.2. The first-order chi connectivity index (χ1) is 8.24. The van der Waals surface area contributed by atoms with Crippen LogP contribution in [-0.4, -0.2) is 17.0 Å². The lowest BCUT2D eigenvalue weighted by Gasteiger charge is -2.14. The van der Waals surface area contributed by atoms with Gasteiger partial charge in [-0.1, -0.05) is 28.9 Å². The van der Waals surface area contributed by atoms with Crippen LogP contribution in [0.1, 0.15) is 29.8 Å². The van der Waals surface area contributed by atoms with Crippen molar-refractivity contribution in [2.75, 3.05) is 0 Å². The Morgan fingerprint density at radius 2 is 2.06 bits per heavy atom. The lowest BCUT2D eigenvalue weighted by Crippen LogP contribution is -2.20. The van der Waals surface area contributed by atoms with Gasteiger partial charge in [-0.05, 0) is 31.0 Å². The number of carbonyl (C=O) groups is 1. The summed E-state index contributed by atoms with van der Waals surface area (Å²) < 4.78 is 40.7. The molecule has 18 heavy (non-hydrogen) atoms. The van der Waals surface area contributed by atoms with Crippen molar-refractivity contribution < 1.29 is 22.7 Å². The molecule has 0 saturated heterocycles. The lowest BCUT2D eigenvalue weighted by molar-refractivity contribution is -0.274. The molecule has 6 heteroatoms. The number of ether oxygens (including phenoxy) is 1. The fraction of sp³-hybridized carbons (Fsp3) is 0.417. The molecule has 0 spiro atoms. The maximum Gasteiger partial charge on any atom is 0.573 e. The van der Waals surface area contributed by atoms with E-state index in [9.17, 15) is 18.0 Å². The number of alkyl halides is 4. The highest BCUT2D eigenvalue weighted by Gasteiger charge is 2.33. The van der Waals surface area contributed by atoms with E-state index in [1.807, 2.05) is 0 Å².